The maximum Gasteiger partial charge on any atom is 0.244 e. The van der Waals surface area contributed by atoms with Crippen LogP contribution in [0.3, 0.4) is 0 Å². The van der Waals surface area contributed by atoms with E-state index in [0.717, 1.165) is 5.56 Å². The van der Waals surface area contributed by atoms with Crippen LogP contribution < -0.4 is 5.73 Å². The van der Waals surface area contributed by atoms with Crippen molar-refractivity contribution in [3.05, 3.63) is 28.2 Å². The zero-order valence-corrected chi connectivity index (χ0v) is 12.5. The first-order valence-corrected chi connectivity index (χ1v) is 7.50. The molecule has 0 unspecified atom stereocenters. The predicted molar refractivity (Wildman–Crippen MR) is 72.1 cm³/mol. The van der Waals surface area contributed by atoms with E-state index in [4.69, 9.17) is 5.73 Å². The fraction of sp³-hybridized carbons (Fsp3) is 0.455. The number of halogens is 1. The van der Waals surface area contributed by atoms with Gasteiger partial charge in [0, 0.05) is 24.1 Å². The lowest BCUT2D eigenvalue weighted by Gasteiger charge is -2.21. The average molecular weight is 321 g/mol. The van der Waals surface area contributed by atoms with Gasteiger partial charge in [-0.25, -0.2) is 8.42 Å². The topological polar surface area (TPSA) is 63.4 Å². The van der Waals surface area contributed by atoms with Gasteiger partial charge < -0.3 is 5.73 Å². The number of hydrogen-bond acceptors (Lipinski definition) is 3. The highest BCUT2D eigenvalue weighted by molar-refractivity contribution is 9.10. The number of rotatable bonds is 4. The van der Waals surface area contributed by atoms with E-state index >= 15 is 0 Å². The molecular formula is C11H17BrN2O2S. The van der Waals surface area contributed by atoms with Crippen molar-refractivity contribution in [3.63, 3.8) is 0 Å². The van der Waals surface area contributed by atoms with Crippen molar-refractivity contribution in [1.29, 1.82) is 0 Å². The summed E-state index contributed by atoms with van der Waals surface area (Å²) in [5, 5.41) is 0. The highest BCUT2D eigenvalue weighted by Gasteiger charge is 2.25. The molecule has 0 atom stereocenters. The summed E-state index contributed by atoms with van der Waals surface area (Å²) in [6.45, 7) is 4.05. The third kappa shape index (κ3) is 3.07. The van der Waals surface area contributed by atoms with Gasteiger partial charge in [0.1, 0.15) is 0 Å². The van der Waals surface area contributed by atoms with E-state index in [1.807, 2.05) is 13.8 Å². The van der Waals surface area contributed by atoms with Gasteiger partial charge >= 0.3 is 0 Å². The molecule has 0 aliphatic carbocycles. The summed E-state index contributed by atoms with van der Waals surface area (Å²) < 4.78 is 26.4. The molecule has 0 fully saturated rings. The van der Waals surface area contributed by atoms with Gasteiger partial charge in [-0.05, 0) is 47.5 Å². The molecule has 0 heterocycles. The molecule has 0 radical (unpaired) electrons. The Balaban J connectivity index is 3.25. The average Bonchev–Trinajstić information content (AvgIpc) is 2.27. The molecule has 0 saturated carbocycles. The number of nitrogens with zero attached hydrogens (tertiary/aromatic N) is 1. The summed E-state index contributed by atoms with van der Waals surface area (Å²) in [4.78, 5) is 0.269. The summed E-state index contributed by atoms with van der Waals surface area (Å²) in [6.07, 6.45) is 0. The fourth-order valence-electron chi connectivity index (χ4n) is 1.31. The highest BCUT2D eigenvalue weighted by atomic mass is 79.9. The van der Waals surface area contributed by atoms with Crippen LogP contribution in [0, 0.1) is 0 Å². The van der Waals surface area contributed by atoms with E-state index < -0.39 is 10.0 Å². The van der Waals surface area contributed by atoms with Gasteiger partial charge in [-0.2, -0.15) is 4.31 Å². The molecule has 0 saturated heterocycles. The Bertz CT molecular complexity index is 500. The summed E-state index contributed by atoms with van der Waals surface area (Å²) in [5.74, 6) is 0. The van der Waals surface area contributed by atoms with Gasteiger partial charge in [-0.3, -0.25) is 0 Å². The molecular weight excluding hydrogens is 304 g/mol. The van der Waals surface area contributed by atoms with Crippen LogP contribution in [0.1, 0.15) is 19.4 Å². The van der Waals surface area contributed by atoms with Crippen molar-refractivity contribution >= 4 is 26.0 Å². The van der Waals surface area contributed by atoms with Gasteiger partial charge in [-0.15, -0.1) is 0 Å². The molecule has 1 rings (SSSR count). The van der Waals surface area contributed by atoms with Crippen LogP contribution in [0.2, 0.25) is 0 Å². The van der Waals surface area contributed by atoms with Crippen LogP contribution in [0.15, 0.2) is 27.6 Å². The van der Waals surface area contributed by atoms with Crippen LogP contribution in [0.5, 0.6) is 0 Å². The third-order valence-corrected chi connectivity index (χ3v) is 5.63. The molecule has 0 aliphatic rings. The van der Waals surface area contributed by atoms with E-state index in [1.165, 1.54) is 4.31 Å². The van der Waals surface area contributed by atoms with E-state index in [1.54, 1.807) is 25.2 Å². The number of nitrogens with two attached hydrogens (primary N) is 1. The van der Waals surface area contributed by atoms with E-state index in [2.05, 4.69) is 15.9 Å². The van der Waals surface area contributed by atoms with Crippen molar-refractivity contribution in [2.24, 2.45) is 5.73 Å². The summed E-state index contributed by atoms with van der Waals surface area (Å²) in [6, 6.07) is 4.97. The lowest BCUT2D eigenvalue weighted by Crippen LogP contribution is -2.33. The first kappa shape index (κ1) is 14.6. The van der Waals surface area contributed by atoms with Crippen LogP contribution >= 0.6 is 15.9 Å². The first-order valence-electron chi connectivity index (χ1n) is 5.27. The predicted octanol–water partition coefficient (Wildman–Crippen LogP) is 1.94. The summed E-state index contributed by atoms with van der Waals surface area (Å²) in [7, 11) is -1.88. The van der Waals surface area contributed by atoms with Crippen molar-refractivity contribution in [2.75, 3.05) is 7.05 Å². The second kappa shape index (κ2) is 5.48. The van der Waals surface area contributed by atoms with E-state index in [0.29, 0.717) is 11.0 Å². The van der Waals surface area contributed by atoms with Crippen LogP contribution in [0.25, 0.3) is 0 Å². The van der Waals surface area contributed by atoms with Crippen LogP contribution in [-0.4, -0.2) is 25.8 Å². The Morgan fingerprint density at radius 1 is 1.41 bits per heavy atom. The third-order valence-electron chi connectivity index (χ3n) is 2.62. The van der Waals surface area contributed by atoms with Gasteiger partial charge in [0.25, 0.3) is 0 Å². The molecule has 96 valence electrons. The molecule has 17 heavy (non-hydrogen) atoms. The molecule has 2 N–H and O–H groups in total. The van der Waals surface area contributed by atoms with Crippen molar-refractivity contribution in [2.45, 2.75) is 31.3 Å². The second-order valence-corrected chi connectivity index (χ2v) is 6.90. The molecule has 6 heteroatoms. The molecule has 0 spiro atoms. The van der Waals surface area contributed by atoms with Gasteiger partial charge in [0.2, 0.25) is 10.0 Å². The smallest absolute Gasteiger partial charge is 0.244 e. The molecule has 1 aromatic carbocycles. The molecule has 0 amide bonds. The Morgan fingerprint density at radius 2 is 2.00 bits per heavy atom. The second-order valence-electron chi connectivity index (χ2n) is 4.08. The van der Waals surface area contributed by atoms with Crippen molar-refractivity contribution < 1.29 is 8.42 Å². The molecule has 0 aliphatic heterocycles. The van der Waals surface area contributed by atoms with Crippen LogP contribution in [-0.2, 0) is 16.6 Å². The fourth-order valence-corrected chi connectivity index (χ4v) is 3.76. The minimum atomic E-state index is -3.45. The largest absolute Gasteiger partial charge is 0.326 e. The lowest BCUT2D eigenvalue weighted by atomic mass is 10.2. The maximum absolute atomic E-state index is 12.3. The Labute approximate surface area is 111 Å². The molecule has 1 aromatic rings. The zero-order chi connectivity index (χ0) is 13.2. The van der Waals surface area contributed by atoms with Gasteiger partial charge in [0.15, 0.2) is 0 Å². The van der Waals surface area contributed by atoms with Gasteiger partial charge in [0.05, 0.1) is 4.90 Å². The number of benzene rings is 1. The summed E-state index contributed by atoms with van der Waals surface area (Å²) in [5.41, 5.74) is 6.40. The lowest BCUT2D eigenvalue weighted by molar-refractivity contribution is 0.410. The number of hydrogen-bond donors (Lipinski definition) is 1. The SMILES string of the molecule is CC(C)N(C)S(=O)(=O)c1ccc(CN)cc1Br. The molecule has 0 aromatic heterocycles. The minimum Gasteiger partial charge on any atom is -0.326 e. The van der Waals surface area contributed by atoms with Crippen LogP contribution in [0.4, 0.5) is 0 Å². The van der Waals surface area contributed by atoms with Crippen molar-refractivity contribution in [3.8, 4) is 0 Å². The Kier molecular flexibility index (Phi) is 4.71. The normalized spacial score (nSPS) is 12.4. The van der Waals surface area contributed by atoms with E-state index in [9.17, 15) is 8.42 Å². The van der Waals surface area contributed by atoms with E-state index in [-0.39, 0.29) is 10.9 Å². The first-order chi connectivity index (χ1) is 7.80. The maximum atomic E-state index is 12.3. The summed E-state index contributed by atoms with van der Waals surface area (Å²) >= 11 is 3.28. The standard InChI is InChI=1S/C11H17BrN2O2S/c1-8(2)14(3)17(15,16)11-5-4-9(7-13)6-10(11)12/h4-6,8H,7,13H2,1-3H3. The monoisotopic (exact) mass is 320 g/mol. The molecule has 4 nitrogen and oxygen atoms in total. The number of sulfonamides is 1. The minimum absolute atomic E-state index is 0.0823. The Hall–Kier alpha value is -0.430. The molecule has 0 bridgehead atoms. The van der Waals surface area contributed by atoms with Gasteiger partial charge in [-0.1, -0.05) is 6.07 Å². The van der Waals surface area contributed by atoms with Crippen molar-refractivity contribution in [1.82, 2.24) is 4.31 Å². The quantitative estimate of drug-likeness (QED) is 0.922. The zero-order valence-electron chi connectivity index (χ0n) is 10.1. The highest BCUT2D eigenvalue weighted by Crippen LogP contribution is 2.26. The Morgan fingerprint density at radius 3 is 2.41 bits per heavy atom.